The lowest BCUT2D eigenvalue weighted by atomic mass is 10.2. The highest BCUT2D eigenvalue weighted by atomic mass is 32.2. The third-order valence-electron chi connectivity index (χ3n) is 4.63. The monoisotopic (exact) mass is 380 g/mol. The molecular weight excluding hydrogens is 360 g/mol. The van der Waals surface area contributed by atoms with Crippen molar-refractivity contribution in [1.29, 1.82) is 0 Å². The molecule has 2 heterocycles. The summed E-state index contributed by atoms with van der Waals surface area (Å²) in [4.78, 5) is 29.8. The van der Waals surface area contributed by atoms with Crippen molar-refractivity contribution in [2.75, 3.05) is 0 Å². The molecule has 2 atom stereocenters. The van der Waals surface area contributed by atoms with Crippen molar-refractivity contribution in [2.24, 2.45) is 0 Å². The van der Waals surface area contributed by atoms with Gasteiger partial charge in [-0.25, -0.2) is 9.99 Å². The number of hydrogen-bond acceptors (Lipinski definition) is 4. The zero-order valence-electron chi connectivity index (χ0n) is 15.1. The maximum absolute atomic E-state index is 12.7. The van der Waals surface area contributed by atoms with Crippen molar-refractivity contribution in [1.82, 2.24) is 20.0 Å². The topological polar surface area (TPSA) is 67.2 Å². The van der Waals surface area contributed by atoms with Crippen LogP contribution >= 0.6 is 11.8 Å². The molecule has 2 aromatic carbocycles. The quantitative estimate of drug-likeness (QED) is 0.755. The van der Waals surface area contributed by atoms with Gasteiger partial charge in [-0.1, -0.05) is 42.5 Å². The molecule has 27 heavy (non-hydrogen) atoms. The minimum absolute atomic E-state index is 0.0885. The zero-order valence-corrected chi connectivity index (χ0v) is 15.9. The van der Waals surface area contributed by atoms with Gasteiger partial charge in [-0.2, -0.15) is 0 Å². The molecule has 6 nitrogen and oxygen atoms in total. The van der Waals surface area contributed by atoms with Crippen molar-refractivity contribution in [3.8, 4) is 0 Å². The molecule has 0 spiro atoms. The standard InChI is InChI=1S/C20H20N4O2S/c1-13-19(26)24(20(27-13)15-8-4-3-5-9-15)22-18(25)12-23-14(2)21-16-10-6-7-11-17(16)23/h3-11,13,20H,12H2,1-2H3,(H,22,25). The Labute approximate surface area is 161 Å². The number of hydrogen-bond donors (Lipinski definition) is 1. The molecular formula is C20H20N4O2S. The Balaban J connectivity index is 1.55. The van der Waals surface area contributed by atoms with Crippen LogP contribution in [0.3, 0.4) is 0 Å². The third kappa shape index (κ3) is 3.30. The van der Waals surface area contributed by atoms with Gasteiger partial charge in [-0.05, 0) is 31.5 Å². The summed E-state index contributed by atoms with van der Waals surface area (Å²) in [6.07, 6.45) is 0. The average molecular weight is 380 g/mol. The summed E-state index contributed by atoms with van der Waals surface area (Å²) in [5.74, 6) is 0.432. The van der Waals surface area contributed by atoms with E-state index in [0.717, 1.165) is 22.4 Å². The molecule has 1 aromatic heterocycles. The second-order valence-corrected chi connectivity index (χ2v) is 7.94. The van der Waals surface area contributed by atoms with Gasteiger partial charge in [0.05, 0.1) is 16.3 Å². The molecule has 1 aliphatic rings. The summed E-state index contributed by atoms with van der Waals surface area (Å²) in [7, 11) is 0. The van der Waals surface area contributed by atoms with Gasteiger partial charge >= 0.3 is 0 Å². The van der Waals surface area contributed by atoms with Crippen LogP contribution in [0.4, 0.5) is 0 Å². The summed E-state index contributed by atoms with van der Waals surface area (Å²) >= 11 is 1.53. The molecule has 2 amide bonds. The van der Waals surface area contributed by atoms with Crippen molar-refractivity contribution < 1.29 is 9.59 Å². The molecule has 0 radical (unpaired) electrons. The van der Waals surface area contributed by atoms with Crippen LogP contribution in [-0.4, -0.2) is 31.6 Å². The summed E-state index contributed by atoms with van der Waals surface area (Å²) in [6, 6.07) is 17.4. The molecule has 0 aliphatic carbocycles. The van der Waals surface area contributed by atoms with Crippen molar-refractivity contribution in [3.63, 3.8) is 0 Å². The van der Waals surface area contributed by atoms with Crippen LogP contribution < -0.4 is 5.43 Å². The van der Waals surface area contributed by atoms with Crippen LogP contribution in [0.15, 0.2) is 54.6 Å². The van der Waals surface area contributed by atoms with Crippen molar-refractivity contribution in [3.05, 3.63) is 66.0 Å². The van der Waals surface area contributed by atoms with Crippen molar-refractivity contribution >= 4 is 34.6 Å². The minimum Gasteiger partial charge on any atom is -0.319 e. The summed E-state index contributed by atoms with van der Waals surface area (Å²) in [5, 5.41) is 1.03. The first kappa shape index (κ1) is 17.6. The fraction of sp³-hybridized carbons (Fsp3) is 0.250. The number of thioether (sulfide) groups is 1. The molecule has 1 aliphatic heterocycles. The van der Waals surface area contributed by atoms with Gasteiger partial charge < -0.3 is 4.57 Å². The van der Waals surface area contributed by atoms with E-state index in [0.29, 0.717) is 0 Å². The lowest BCUT2D eigenvalue weighted by Gasteiger charge is -2.24. The average Bonchev–Trinajstić information content (AvgIpc) is 3.14. The van der Waals surface area contributed by atoms with Gasteiger partial charge in [-0.15, -0.1) is 11.8 Å². The predicted octanol–water partition coefficient (Wildman–Crippen LogP) is 3.04. The number of nitrogens with zero attached hydrogens (tertiary/aromatic N) is 3. The van der Waals surface area contributed by atoms with E-state index in [1.807, 2.05) is 73.0 Å². The Morgan fingerprint density at radius 2 is 1.85 bits per heavy atom. The molecule has 7 heteroatoms. The third-order valence-corrected chi connectivity index (χ3v) is 5.98. The molecule has 4 rings (SSSR count). The highest BCUT2D eigenvalue weighted by Gasteiger charge is 2.39. The Hall–Kier alpha value is -2.80. The zero-order chi connectivity index (χ0) is 19.0. The molecule has 3 aromatic rings. The Kier molecular flexibility index (Phi) is 4.61. The number of aromatic nitrogens is 2. The molecule has 138 valence electrons. The van der Waals surface area contributed by atoms with Gasteiger partial charge in [0.2, 0.25) is 0 Å². The van der Waals surface area contributed by atoms with Gasteiger partial charge in [0.1, 0.15) is 17.7 Å². The van der Waals surface area contributed by atoms with E-state index in [-0.39, 0.29) is 29.0 Å². The minimum atomic E-state index is -0.245. The lowest BCUT2D eigenvalue weighted by molar-refractivity contribution is -0.140. The highest BCUT2D eigenvalue weighted by molar-refractivity contribution is 8.01. The van der Waals surface area contributed by atoms with Gasteiger partial charge in [0.15, 0.2) is 0 Å². The second kappa shape index (κ2) is 7.08. The Morgan fingerprint density at radius 1 is 1.15 bits per heavy atom. The largest absolute Gasteiger partial charge is 0.319 e. The van der Waals surface area contributed by atoms with Crippen LogP contribution in [0.25, 0.3) is 11.0 Å². The Bertz CT molecular complexity index is 1000. The van der Waals surface area contributed by atoms with Crippen LogP contribution in [-0.2, 0) is 16.1 Å². The van der Waals surface area contributed by atoms with Crippen LogP contribution in [0.1, 0.15) is 23.7 Å². The SMILES string of the molecule is Cc1nc2ccccc2n1CC(=O)NN1C(=O)C(C)SC1c1ccccc1. The Morgan fingerprint density at radius 3 is 2.63 bits per heavy atom. The van der Waals surface area contributed by atoms with Crippen LogP contribution in [0, 0.1) is 6.92 Å². The van der Waals surface area contributed by atoms with E-state index in [1.54, 1.807) is 0 Å². The molecule has 0 bridgehead atoms. The molecule has 1 N–H and O–H groups in total. The fourth-order valence-corrected chi connectivity index (χ4v) is 4.50. The second-order valence-electron chi connectivity index (χ2n) is 6.52. The first-order chi connectivity index (χ1) is 13.0. The lowest BCUT2D eigenvalue weighted by Crippen LogP contribution is -2.46. The number of benzene rings is 2. The van der Waals surface area contributed by atoms with Gasteiger partial charge in [0, 0.05) is 0 Å². The number of amides is 2. The number of hydrazine groups is 1. The highest BCUT2D eigenvalue weighted by Crippen LogP contribution is 2.41. The van der Waals surface area contributed by atoms with Crippen LogP contribution in [0.5, 0.6) is 0 Å². The number of carbonyl (C=O) groups is 2. The maximum atomic E-state index is 12.7. The van der Waals surface area contributed by atoms with E-state index in [4.69, 9.17) is 0 Å². The van der Waals surface area contributed by atoms with Crippen LogP contribution in [0.2, 0.25) is 0 Å². The summed E-state index contributed by atoms with van der Waals surface area (Å²) < 4.78 is 1.86. The number of aryl methyl sites for hydroxylation is 1. The number of rotatable bonds is 4. The summed E-state index contributed by atoms with van der Waals surface area (Å²) in [5.41, 5.74) is 5.56. The molecule has 2 unspecified atom stereocenters. The van der Waals surface area contributed by atoms with E-state index >= 15 is 0 Å². The molecule has 1 fully saturated rings. The smallest absolute Gasteiger partial charge is 0.258 e. The molecule has 1 saturated heterocycles. The number of para-hydroxylation sites is 2. The van der Waals surface area contributed by atoms with E-state index < -0.39 is 0 Å². The van der Waals surface area contributed by atoms with E-state index in [1.165, 1.54) is 16.8 Å². The number of nitrogens with one attached hydrogen (secondary N) is 1. The van der Waals surface area contributed by atoms with Crippen molar-refractivity contribution in [2.45, 2.75) is 31.0 Å². The van der Waals surface area contributed by atoms with E-state index in [2.05, 4.69) is 10.4 Å². The number of fused-ring (bicyclic) bond motifs is 1. The number of carbonyl (C=O) groups excluding carboxylic acids is 2. The fourth-order valence-electron chi connectivity index (χ4n) is 3.29. The normalized spacial score (nSPS) is 19.6. The van der Waals surface area contributed by atoms with E-state index in [9.17, 15) is 9.59 Å². The number of imidazole rings is 1. The molecule has 0 saturated carbocycles. The van der Waals surface area contributed by atoms with Gasteiger partial charge in [0.25, 0.3) is 11.8 Å². The predicted molar refractivity (Wildman–Crippen MR) is 106 cm³/mol. The first-order valence-corrected chi connectivity index (χ1v) is 9.73. The first-order valence-electron chi connectivity index (χ1n) is 8.79. The summed E-state index contributed by atoms with van der Waals surface area (Å²) in [6.45, 7) is 3.85. The van der Waals surface area contributed by atoms with Gasteiger partial charge in [-0.3, -0.25) is 15.0 Å². The maximum Gasteiger partial charge on any atom is 0.258 e.